The highest BCUT2D eigenvalue weighted by molar-refractivity contribution is 5.95. The lowest BCUT2D eigenvalue weighted by Crippen LogP contribution is -2.51. The van der Waals surface area contributed by atoms with Gasteiger partial charge < -0.3 is 19.4 Å². The number of hydrogen-bond acceptors (Lipinski definition) is 7. The lowest BCUT2D eigenvalue weighted by Gasteiger charge is -2.35. The van der Waals surface area contributed by atoms with Crippen LogP contribution in [0.25, 0.3) is 10.9 Å². The molecule has 8 nitrogen and oxygen atoms in total. The highest BCUT2D eigenvalue weighted by Gasteiger charge is 2.30. The van der Waals surface area contributed by atoms with E-state index in [1.807, 2.05) is 9.47 Å². The molecule has 1 saturated carbocycles. The lowest BCUT2D eigenvalue weighted by molar-refractivity contribution is -0.0228. The average molecular weight is 418 g/mol. The first-order chi connectivity index (χ1) is 14.2. The van der Waals surface area contributed by atoms with E-state index in [-0.39, 0.29) is 17.0 Å². The molecule has 1 aliphatic carbocycles. The first kappa shape index (κ1) is 20.8. The van der Waals surface area contributed by atoms with E-state index in [0.717, 1.165) is 12.8 Å². The molecule has 162 valence electrons. The Kier molecular flexibility index (Phi) is 5.29. The number of hydrogen-bond donors (Lipinski definition) is 2. The number of esters is 1. The van der Waals surface area contributed by atoms with Crippen LogP contribution >= 0.6 is 0 Å². The number of aromatic nitrogens is 1. The van der Waals surface area contributed by atoms with E-state index in [2.05, 4.69) is 5.59 Å². The van der Waals surface area contributed by atoms with Crippen molar-refractivity contribution in [2.24, 2.45) is 0 Å². The Hall–Kier alpha value is -2.49. The number of anilines is 1. The molecule has 2 aliphatic rings. The lowest BCUT2D eigenvalue weighted by atomic mass is 10.1. The van der Waals surface area contributed by atoms with Gasteiger partial charge in [-0.3, -0.25) is 4.79 Å². The van der Waals surface area contributed by atoms with Crippen LogP contribution in [0.1, 0.15) is 50.0 Å². The minimum absolute atomic E-state index is 0.0703. The van der Waals surface area contributed by atoms with Crippen molar-refractivity contribution < 1.29 is 19.1 Å². The van der Waals surface area contributed by atoms with Crippen molar-refractivity contribution in [1.82, 2.24) is 15.2 Å². The van der Waals surface area contributed by atoms with Gasteiger partial charge in [0.25, 0.3) is 0 Å². The SMILES string of the molecule is CC(C)(C)OC(=O)c1cn(C2CC2)c2cc(N3CCN(NO)CC3)c(F)cc2c1=O. The zero-order valence-electron chi connectivity index (χ0n) is 17.4. The number of pyridine rings is 1. The molecule has 30 heavy (non-hydrogen) atoms. The Labute approximate surface area is 173 Å². The second-order valence-electron chi connectivity index (χ2n) is 8.91. The van der Waals surface area contributed by atoms with Crippen molar-refractivity contribution in [3.8, 4) is 0 Å². The molecule has 2 aromatic rings. The quantitative estimate of drug-likeness (QED) is 0.583. The van der Waals surface area contributed by atoms with Gasteiger partial charge in [0.2, 0.25) is 5.43 Å². The van der Waals surface area contributed by atoms with E-state index in [1.54, 1.807) is 38.0 Å². The maximum Gasteiger partial charge on any atom is 0.344 e. The molecule has 0 spiro atoms. The van der Waals surface area contributed by atoms with E-state index in [4.69, 9.17) is 9.94 Å². The monoisotopic (exact) mass is 418 g/mol. The minimum Gasteiger partial charge on any atom is -0.456 e. The highest BCUT2D eigenvalue weighted by Crippen LogP contribution is 2.38. The number of nitrogens with one attached hydrogen (secondary N) is 1. The zero-order chi connectivity index (χ0) is 21.6. The second-order valence-corrected chi connectivity index (χ2v) is 8.91. The highest BCUT2D eigenvalue weighted by atomic mass is 19.1. The molecule has 0 unspecified atom stereocenters. The molecule has 2 fully saturated rings. The third-order valence-electron chi connectivity index (χ3n) is 5.42. The summed E-state index contributed by atoms with van der Waals surface area (Å²) in [5, 5.41) is 10.9. The van der Waals surface area contributed by atoms with Gasteiger partial charge in [-0.25, -0.2) is 14.2 Å². The van der Waals surface area contributed by atoms with Gasteiger partial charge in [0.05, 0.1) is 11.2 Å². The van der Waals surface area contributed by atoms with Crippen molar-refractivity contribution in [2.45, 2.75) is 45.3 Å². The number of carbonyl (C=O) groups excluding carboxylic acids is 1. The number of hydrazine groups is 1. The predicted molar refractivity (Wildman–Crippen MR) is 110 cm³/mol. The van der Waals surface area contributed by atoms with E-state index in [1.165, 1.54) is 6.07 Å². The summed E-state index contributed by atoms with van der Waals surface area (Å²) in [5.41, 5.74) is 1.83. The summed E-state index contributed by atoms with van der Waals surface area (Å²) in [5.74, 6) is -1.20. The van der Waals surface area contributed by atoms with Crippen LogP contribution in [-0.4, -0.2) is 52.5 Å². The van der Waals surface area contributed by atoms with Crippen LogP contribution in [0.5, 0.6) is 0 Å². The van der Waals surface area contributed by atoms with Crippen molar-refractivity contribution in [3.05, 3.63) is 39.9 Å². The number of benzene rings is 1. The van der Waals surface area contributed by atoms with Crippen LogP contribution < -0.4 is 15.9 Å². The molecule has 1 aromatic heterocycles. The number of ether oxygens (including phenoxy) is 1. The maximum atomic E-state index is 15.0. The molecule has 1 saturated heterocycles. The van der Waals surface area contributed by atoms with Crippen LogP contribution in [0.3, 0.4) is 0 Å². The standard InChI is InChI=1S/C21H27FN4O4/c1-21(2,3)30-20(28)15-12-26(13-4-5-13)17-11-18(16(22)10-14(17)19(15)27)24-6-8-25(23-29)9-7-24/h10-13,23,29H,4-9H2,1-3H3. The Balaban J connectivity index is 1.79. The van der Waals surface area contributed by atoms with Crippen LogP contribution in [0.4, 0.5) is 10.1 Å². The van der Waals surface area contributed by atoms with E-state index in [9.17, 15) is 9.59 Å². The molecule has 1 aliphatic heterocycles. The summed E-state index contributed by atoms with van der Waals surface area (Å²) >= 11 is 0. The van der Waals surface area contributed by atoms with Crippen LogP contribution in [0.2, 0.25) is 0 Å². The molecular formula is C21H27FN4O4. The number of halogens is 1. The molecule has 0 amide bonds. The van der Waals surface area contributed by atoms with Crippen LogP contribution in [0, 0.1) is 5.82 Å². The van der Waals surface area contributed by atoms with Gasteiger partial charge in [0.15, 0.2) is 0 Å². The topological polar surface area (TPSA) is 87.0 Å². The van der Waals surface area contributed by atoms with Gasteiger partial charge >= 0.3 is 5.97 Å². The molecule has 0 atom stereocenters. The molecular weight excluding hydrogens is 391 g/mol. The number of fused-ring (bicyclic) bond motifs is 1. The minimum atomic E-state index is -0.733. The van der Waals surface area contributed by atoms with Gasteiger partial charge in [-0.05, 0) is 45.7 Å². The Bertz CT molecular complexity index is 1030. The van der Waals surface area contributed by atoms with Gasteiger partial charge in [-0.2, -0.15) is 0 Å². The summed E-state index contributed by atoms with van der Waals surface area (Å²) in [7, 11) is 0. The molecule has 0 bridgehead atoms. The number of piperazine rings is 1. The smallest absolute Gasteiger partial charge is 0.344 e. The zero-order valence-corrected chi connectivity index (χ0v) is 17.4. The molecule has 9 heteroatoms. The second kappa shape index (κ2) is 7.64. The fraction of sp³-hybridized carbons (Fsp3) is 0.524. The van der Waals surface area contributed by atoms with E-state index < -0.39 is 22.8 Å². The third-order valence-corrected chi connectivity index (χ3v) is 5.42. The largest absolute Gasteiger partial charge is 0.456 e. The van der Waals surface area contributed by atoms with Crippen molar-refractivity contribution in [1.29, 1.82) is 0 Å². The summed E-state index contributed by atoms with van der Waals surface area (Å²) in [6.45, 7) is 7.33. The Morgan fingerprint density at radius 2 is 1.87 bits per heavy atom. The fourth-order valence-corrected chi connectivity index (χ4v) is 3.78. The van der Waals surface area contributed by atoms with Gasteiger partial charge in [0, 0.05) is 43.8 Å². The Morgan fingerprint density at radius 1 is 1.20 bits per heavy atom. The summed E-state index contributed by atoms with van der Waals surface area (Å²) in [6.07, 6.45) is 3.45. The number of carbonyl (C=O) groups is 1. The summed E-state index contributed by atoms with van der Waals surface area (Å²) in [6, 6.07) is 3.12. The van der Waals surface area contributed by atoms with Crippen LogP contribution in [0.15, 0.2) is 23.1 Å². The van der Waals surface area contributed by atoms with Crippen molar-refractivity contribution in [3.63, 3.8) is 0 Å². The fourth-order valence-electron chi connectivity index (χ4n) is 3.78. The van der Waals surface area contributed by atoms with Crippen LogP contribution in [-0.2, 0) is 4.74 Å². The van der Waals surface area contributed by atoms with Crippen molar-refractivity contribution >= 4 is 22.6 Å². The Morgan fingerprint density at radius 3 is 2.43 bits per heavy atom. The molecule has 4 rings (SSSR count). The van der Waals surface area contributed by atoms with Gasteiger partial charge in [-0.15, -0.1) is 5.59 Å². The number of rotatable bonds is 4. The average Bonchev–Trinajstić information content (AvgIpc) is 3.52. The van der Waals surface area contributed by atoms with E-state index in [0.29, 0.717) is 37.4 Å². The number of nitrogens with zero attached hydrogens (tertiary/aromatic N) is 3. The first-order valence-electron chi connectivity index (χ1n) is 10.2. The summed E-state index contributed by atoms with van der Waals surface area (Å²) < 4.78 is 22.3. The first-order valence-corrected chi connectivity index (χ1v) is 10.2. The maximum absolute atomic E-state index is 15.0. The molecule has 2 heterocycles. The molecule has 0 radical (unpaired) electrons. The molecule has 1 aromatic carbocycles. The predicted octanol–water partition coefficient (Wildman–Crippen LogP) is 2.45. The van der Waals surface area contributed by atoms with Gasteiger partial charge in [-0.1, -0.05) is 0 Å². The summed E-state index contributed by atoms with van der Waals surface area (Å²) in [4.78, 5) is 27.5. The van der Waals surface area contributed by atoms with E-state index >= 15 is 4.39 Å². The van der Waals surface area contributed by atoms with Crippen molar-refractivity contribution in [2.75, 3.05) is 31.1 Å². The van der Waals surface area contributed by atoms with Gasteiger partial charge in [0.1, 0.15) is 17.0 Å². The third kappa shape index (κ3) is 4.05. The normalized spacial score (nSPS) is 18.1. The molecule has 2 N–H and O–H groups in total.